The third kappa shape index (κ3) is 4.11. The van der Waals surface area contributed by atoms with Gasteiger partial charge in [0, 0.05) is 12.1 Å². The number of aryl methyl sites for hydroxylation is 2. The Morgan fingerprint density at radius 1 is 1.19 bits per heavy atom. The van der Waals surface area contributed by atoms with Crippen LogP contribution in [0.3, 0.4) is 0 Å². The van der Waals surface area contributed by atoms with Gasteiger partial charge in [-0.3, -0.25) is 0 Å². The average molecular weight is 287 g/mol. The van der Waals surface area contributed by atoms with Gasteiger partial charge in [0.05, 0.1) is 0 Å². The maximum atomic E-state index is 5.88. The Hall–Kier alpha value is -1.74. The molecule has 0 aliphatic carbocycles. The number of nitrogens with one attached hydrogen (secondary N) is 1. The molecule has 2 aromatic rings. The van der Waals surface area contributed by atoms with E-state index in [2.05, 4.69) is 38.2 Å². The smallest absolute Gasteiger partial charge is 0.146 e. The Balaban J connectivity index is 1.97. The number of hydrogen-bond acceptors (Lipinski definition) is 3. The van der Waals surface area contributed by atoms with Gasteiger partial charge in [-0.2, -0.15) is 0 Å². The molecule has 0 fully saturated rings. The van der Waals surface area contributed by atoms with Crippen molar-refractivity contribution in [1.29, 1.82) is 0 Å². The van der Waals surface area contributed by atoms with E-state index in [4.69, 9.17) is 9.15 Å². The quantitative estimate of drug-likeness (QED) is 0.772. The molecule has 0 radical (unpaired) electrons. The van der Waals surface area contributed by atoms with Crippen LogP contribution in [0.15, 0.2) is 28.7 Å². The van der Waals surface area contributed by atoms with Crippen LogP contribution in [0.2, 0.25) is 0 Å². The average Bonchev–Trinajstić information content (AvgIpc) is 2.81. The lowest BCUT2D eigenvalue weighted by Gasteiger charge is -2.09. The number of furan rings is 1. The lowest BCUT2D eigenvalue weighted by atomic mass is 10.1. The molecular formula is C18H25NO2. The van der Waals surface area contributed by atoms with Gasteiger partial charge in [-0.1, -0.05) is 19.1 Å². The molecule has 0 atom stereocenters. The fourth-order valence-electron chi connectivity index (χ4n) is 2.26. The maximum Gasteiger partial charge on any atom is 0.146 e. The van der Waals surface area contributed by atoms with Gasteiger partial charge in [0.25, 0.3) is 0 Å². The summed E-state index contributed by atoms with van der Waals surface area (Å²) in [5, 5.41) is 3.40. The van der Waals surface area contributed by atoms with E-state index in [0.29, 0.717) is 6.61 Å². The molecule has 0 spiro atoms. The van der Waals surface area contributed by atoms with E-state index in [-0.39, 0.29) is 0 Å². The minimum Gasteiger partial charge on any atom is -0.485 e. The third-order valence-electron chi connectivity index (χ3n) is 3.74. The lowest BCUT2D eigenvalue weighted by molar-refractivity contribution is 0.266. The molecule has 2 rings (SSSR count). The molecule has 1 N–H and O–H groups in total. The van der Waals surface area contributed by atoms with E-state index < -0.39 is 0 Å². The predicted octanol–water partition coefficient (Wildman–Crippen LogP) is 4.28. The highest BCUT2D eigenvalue weighted by Crippen LogP contribution is 2.23. The van der Waals surface area contributed by atoms with Crippen molar-refractivity contribution in [2.24, 2.45) is 0 Å². The first kappa shape index (κ1) is 15.6. The Bertz CT molecular complexity index is 587. The summed E-state index contributed by atoms with van der Waals surface area (Å²) >= 11 is 0. The van der Waals surface area contributed by atoms with Gasteiger partial charge >= 0.3 is 0 Å². The van der Waals surface area contributed by atoms with Crippen LogP contribution in [-0.2, 0) is 13.2 Å². The van der Waals surface area contributed by atoms with Crippen molar-refractivity contribution < 1.29 is 9.15 Å². The van der Waals surface area contributed by atoms with Crippen LogP contribution in [0.5, 0.6) is 5.75 Å². The minimum atomic E-state index is 0.471. The summed E-state index contributed by atoms with van der Waals surface area (Å²) in [4.78, 5) is 0. The first-order valence-electron chi connectivity index (χ1n) is 7.59. The van der Waals surface area contributed by atoms with Gasteiger partial charge in [-0.25, -0.2) is 0 Å². The van der Waals surface area contributed by atoms with Crippen molar-refractivity contribution >= 4 is 0 Å². The van der Waals surface area contributed by atoms with Crippen molar-refractivity contribution in [3.05, 3.63) is 52.5 Å². The molecule has 0 saturated heterocycles. The molecule has 114 valence electrons. The Morgan fingerprint density at radius 3 is 2.76 bits per heavy atom. The van der Waals surface area contributed by atoms with Crippen LogP contribution in [0.1, 0.15) is 41.6 Å². The number of ether oxygens (including phenoxy) is 1. The van der Waals surface area contributed by atoms with E-state index in [1.807, 2.05) is 19.1 Å². The second-order valence-electron chi connectivity index (χ2n) is 5.46. The molecule has 0 aliphatic heterocycles. The molecule has 0 amide bonds. The zero-order valence-electron chi connectivity index (χ0n) is 13.5. The summed E-state index contributed by atoms with van der Waals surface area (Å²) in [6.45, 7) is 10.7. The number of hydrogen-bond donors (Lipinski definition) is 1. The van der Waals surface area contributed by atoms with Crippen molar-refractivity contribution in [3.63, 3.8) is 0 Å². The first-order valence-corrected chi connectivity index (χ1v) is 7.59. The summed E-state index contributed by atoms with van der Waals surface area (Å²) in [5.74, 6) is 2.77. The van der Waals surface area contributed by atoms with Gasteiger partial charge in [-0.05, 0) is 57.0 Å². The van der Waals surface area contributed by atoms with E-state index in [1.54, 1.807) is 0 Å². The van der Waals surface area contributed by atoms with Crippen molar-refractivity contribution in [1.82, 2.24) is 5.32 Å². The topological polar surface area (TPSA) is 34.4 Å². The zero-order chi connectivity index (χ0) is 15.2. The fourth-order valence-corrected chi connectivity index (χ4v) is 2.26. The molecule has 0 unspecified atom stereocenters. The standard InChI is InChI=1S/C18H25NO2/c1-5-9-19-11-16-10-17(21-15(16)4)12-20-18-8-6-7-13(2)14(18)3/h6-8,10,19H,5,9,11-12H2,1-4H3. The van der Waals surface area contributed by atoms with Crippen LogP contribution in [0.4, 0.5) is 0 Å². The zero-order valence-corrected chi connectivity index (χ0v) is 13.5. The highest BCUT2D eigenvalue weighted by atomic mass is 16.5. The third-order valence-corrected chi connectivity index (χ3v) is 3.74. The van der Waals surface area contributed by atoms with Crippen molar-refractivity contribution in [2.75, 3.05) is 6.54 Å². The van der Waals surface area contributed by atoms with Crippen LogP contribution < -0.4 is 10.1 Å². The summed E-state index contributed by atoms with van der Waals surface area (Å²) in [5.41, 5.74) is 3.64. The van der Waals surface area contributed by atoms with E-state index in [1.165, 1.54) is 16.7 Å². The van der Waals surface area contributed by atoms with Crippen LogP contribution in [-0.4, -0.2) is 6.54 Å². The molecule has 3 nitrogen and oxygen atoms in total. The predicted molar refractivity (Wildman–Crippen MR) is 85.7 cm³/mol. The van der Waals surface area contributed by atoms with Crippen molar-refractivity contribution in [3.8, 4) is 5.75 Å². The van der Waals surface area contributed by atoms with Gasteiger partial charge < -0.3 is 14.5 Å². The second kappa shape index (κ2) is 7.32. The first-order chi connectivity index (χ1) is 10.1. The van der Waals surface area contributed by atoms with E-state index >= 15 is 0 Å². The molecular weight excluding hydrogens is 262 g/mol. The Labute approximate surface area is 127 Å². The highest BCUT2D eigenvalue weighted by Gasteiger charge is 2.09. The Kier molecular flexibility index (Phi) is 5.45. The monoisotopic (exact) mass is 287 g/mol. The summed E-state index contributed by atoms with van der Waals surface area (Å²) in [6.07, 6.45) is 1.14. The normalized spacial score (nSPS) is 10.9. The van der Waals surface area contributed by atoms with Gasteiger partial charge in [0.15, 0.2) is 0 Å². The van der Waals surface area contributed by atoms with Gasteiger partial charge in [-0.15, -0.1) is 0 Å². The molecule has 1 heterocycles. The van der Waals surface area contributed by atoms with Crippen LogP contribution >= 0.6 is 0 Å². The van der Waals surface area contributed by atoms with E-state index in [9.17, 15) is 0 Å². The summed E-state index contributed by atoms with van der Waals surface area (Å²) in [6, 6.07) is 8.20. The lowest BCUT2D eigenvalue weighted by Crippen LogP contribution is -2.13. The maximum absolute atomic E-state index is 5.88. The van der Waals surface area contributed by atoms with E-state index in [0.717, 1.165) is 36.8 Å². The summed E-state index contributed by atoms with van der Waals surface area (Å²) < 4.78 is 11.7. The molecule has 0 bridgehead atoms. The van der Waals surface area contributed by atoms with Gasteiger partial charge in [0.2, 0.25) is 0 Å². The number of benzene rings is 1. The fraction of sp³-hybridized carbons (Fsp3) is 0.444. The number of rotatable bonds is 7. The van der Waals surface area contributed by atoms with Crippen LogP contribution in [0.25, 0.3) is 0 Å². The minimum absolute atomic E-state index is 0.471. The summed E-state index contributed by atoms with van der Waals surface area (Å²) in [7, 11) is 0. The second-order valence-corrected chi connectivity index (χ2v) is 5.46. The molecule has 0 saturated carbocycles. The SMILES string of the molecule is CCCNCc1cc(COc2cccc(C)c2C)oc1C. The molecule has 21 heavy (non-hydrogen) atoms. The van der Waals surface area contributed by atoms with Crippen LogP contribution in [0, 0.1) is 20.8 Å². The van der Waals surface area contributed by atoms with Gasteiger partial charge in [0.1, 0.15) is 23.9 Å². The highest BCUT2D eigenvalue weighted by molar-refractivity contribution is 5.38. The molecule has 3 heteroatoms. The molecule has 1 aromatic heterocycles. The van der Waals surface area contributed by atoms with Crippen molar-refractivity contribution in [2.45, 2.75) is 47.3 Å². The Morgan fingerprint density at radius 2 is 2.00 bits per heavy atom. The molecule has 0 aliphatic rings. The largest absolute Gasteiger partial charge is 0.485 e. The molecule has 1 aromatic carbocycles.